The van der Waals surface area contributed by atoms with Crippen molar-refractivity contribution in [3.8, 4) is 11.6 Å². The summed E-state index contributed by atoms with van der Waals surface area (Å²) in [7, 11) is 0. The van der Waals surface area contributed by atoms with Gasteiger partial charge in [0.2, 0.25) is 11.7 Å². The first kappa shape index (κ1) is 18.8. The van der Waals surface area contributed by atoms with Crippen molar-refractivity contribution in [1.82, 2.24) is 14.8 Å². The van der Waals surface area contributed by atoms with Crippen molar-refractivity contribution in [2.45, 2.75) is 37.6 Å². The summed E-state index contributed by atoms with van der Waals surface area (Å²) in [5.74, 6) is 1.48. The van der Waals surface area contributed by atoms with Gasteiger partial charge in [0, 0.05) is 12.3 Å². The van der Waals surface area contributed by atoms with Crippen LogP contribution >= 0.6 is 11.8 Å². The molecule has 1 aliphatic rings. The fraction of sp³-hybridized carbons (Fsp3) is 0.350. The van der Waals surface area contributed by atoms with Crippen LogP contribution in [-0.4, -0.2) is 39.1 Å². The Bertz CT molecular complexity index is 933. The van der Waals surface area contributed by atoms with Gasteiger partial charge >= 0.3 is 0 Å². The van der Waals surface area contributed by atoms with Crippen LogP contribution in [0.4, 0.5) is 5.69 Å². The number of anilines is 1. The normalized spacial score (nSPS) is 16.4. The Kier molecular flexibility index (Phi) is 5.78. The number of para-hydroxylation sites is 1. The van der Waals surface area contributed by atoms with Crippen molar-refractivity contribution < 1.29 is 13.9 Å². The second-order valence-corrected chi connectivity index (χ2v) is 7.62. The van der Waals surface area contributed by atoms with Crippen LogP contribution in [0.25, 0.3) is 11.6 Å². The van der Waals surface area contributed by atoms with Crippen molar-refractivity contribution >= 4 is 23.4 Å². The molecule has 7 nitrogen and oxygen atoms in total. The third kappa shape index (κ3) is 4.28. The smallest absolute Gasteiger partial charge is 0.234 e. The minimum absolute atomic E-state index is 0.0782. The number of ether oxygens (including phenoxy) is 1. The largest absolute Gasteiger partial charge is 0.461 e. The van der Waals surface area contributed by atoms with Crippen molar-refractivity contribution in [1.29, 1.82) is 0 Å². The minimum Gasteiger partial charge on any atom is -0.461 e. The van der Waals surface area contributed by atoms with Crippen LogP contribution in [0.15, 0.2) is 52.2 Å². The van der Waals surface area contributed by atoms with Gasteiger partial charge in [0.25, 0.3) is 0 Å². The zero-order valence-electron chi connectivity index (χ0n) is 15.6. The van der Waals surface area contributed by atoms with Gasteiger partial charge in [-0.3, -0.25) is 9.36 Å². The van der Waals surface area contributed by atoms with Gasteiger partial charge < -0.3 is 14.5 Å². The molecule has 0 radical (unpaired) electrons. The highest BCUT2D eigenvalue weighted by Gasteiger charge is 2.23. The van der Waals surface area contributed by atoms with Crippen molar-refractivity contribution in [2.75, 3.05) is 17.7 Å². The number of amides is 1. The monoisotopic (exact) mass is 398 g/mol. The maximum absolute atomic E-state index is 12.4. The lowest BCUT2D eigenvalue weighted by atomic mass is 10.2. The SMILES string of the molecule is Cc1ccccc1NC(=O)CSc1nnc(-c2ccco2)n1C[C@H]1CCCO1. The number of hydrogen-bond acceptors (Lipinski definition) is 6. The Morgan fingerprint density at radius 3 is 2.93 bits per heavy atom. The average Bonchev–Trinajstić information content (AvgIpc) is 3.44. The van der Waals surface area contributed by atoms with E-state index in [-0.39, 0.29) is 17.8 Å². The van der Waals surface area contributed by atoms with Gasteiger partial charge in [0.05, 0.1) is 24.7 Å². The molecule has 28 heavy (non-hydrogen) atoms. The summed E-state index contributed by atoms with van der Waals surface area (Å²) in [4.78, 5) is 12.4. The number of aryl methyl sites for hydroxylation is 1. The molecule has 0 unspecified atom stereocenters. The van der Waals surface area contributed by atoms with Gasteiger partial charge in [-0.05, 0) is 43.5 Å². The fourth-order valence-corrected chi connectivity index (χ4v) is 3.92. The molecule has 3 aromatic rings. The number of hydrogen-bond donors (Lipinski definition) is 1. The Morgan fingerprint density at radius 1 is 1.29 bits per heavy atom. The quantitative estimate of drug-likeness (QED) is 0.610. The molecule has 1 saturated heterocycles. The van der Waals surface area contributed by atoms with Gasteiger partial charge in [0.15, 0.2) is 10.9 Å². The van der Waals surface area contributed by atoms with Crippen molar-refractivity contribution in [2.24, 2.45) is 0 Å². The molecule has 0 aliphatic carbocycles. The Labute approximate surface area is 167 Å². The van der Waals surface area contributed by atoms with E-state index in [4.69, 9.17) is 9.15 Å². The van der Waals surface area contributed by atoms with Crippen LogP contribution in [0.1, 0.15) is 18.4 Å². The van der Waals surface area contributed by atoms with Gasteiger partial charge in [-0.2, -0.15) is 0 Å². The number of nitrogens with one attached hydrogen (secondary N) is 1. The number of rotatable bonds is 7. The van der Waals surface area contributed by atoms with E-state index in [0.717, 1.165) is 30.7 Å². The van der Waals surface area contributed by atoms with E-state index in [9.17, 15) is 4.79 Å². The molecule has 0 spiro atoms. The summed E-state index contributed by atoms with van der Waals surface area (Å²) >= 11 is 1.36. The number of benzene rings is 1. The minimum atomic E-state index is -0.0782. The van der Waals surface area contributed by atoms with Crippen LogP contribution in [0, 0.1) is 6.92 Å². The molecule has 2 aromatic heterocycles. The summed E-state index contributed by atoms with van der Waals surface area (Å²) in [6.07, 6.45) is 3.81. The van der Waals surface area contributed by atoms with Crippen molar-refractivity contribution in [3.63, 3.8) is 0 Å². The van der Waals surface area contributed by atoms with Crippen LogP contribution in [0.5, 0.6) is 0 Å². The first-order valence-electron chi connectivity index (χ1n) is 9.27. The molecule has 1 aliphatic heterocycles. The zero-order chi connectivity index (χ0) is 19.3. The summed E-state index contributed by atoms with van der Waals surface area (Å²) in [6.45, 7) is 3.39. The second kappa shape index (κ2) is 8.62. The van der Waals surface area contributed by atoms with Gasteiger partial charge in [0.1, 0.15) is 0 Å². The summed E-state index contributed by atoms with van der Waals surface area (Å²) < 4.78 is 13.3. The van der Waals surface area contributed by atoms with Crippen LogP contribution in [-0.2, 0) is 16.1 Å². The first-order chi connectivity index (χ1) is 13.7. The van der Waals surface area contributed by atoms with E-state index < -0.39 is 0 Å². The molecule has 4 rings (SSSR count). The first-order valence-corrected chi connectivity index (χ1v) is 10.3. The molecule has 1 amide bonds. The molecule has 0 bridgehead atoms. The Balaban J connectivity index is 1.47. The van der Waals surface area contributed by atoms with Crippen LogP contribution in [0.3, 0.4) is 0 Å². The molecular weight excluding hydrogens is 376 g/mol. The van der Waals surface area contributed by atoms with E-state index in [2.05, 4.69) is 15.5 Å². The standard InChI is InChI=1S/C20H22N4O3S/c1-14-6-2-3-8-16(14)21-18(25)13-28-20-23-22-19(17-9-5-11-27-17)24(20)12-15-7-4-10-26-15/h2-3,5-6,8-9,11,15H,4,7,10,12-13H2,1H3,(H,21,25)/t15-/m1/s1. The number of furan rings is 1. The van der Waals surface area contributed by atoms with E-state index in [0.29, 0.717) is 23.3 Å². The van der Waals surface area contributed by atoms with Gasteiger partial charge in [-0.15, -0.1) is 10.2 Å². The molecule has 1 atom stereocenters. The number of nitrogens with zero attached hydrogens (tertiary/aromatic N) is 3. The van der Waals surface area contributed by atoms with E-state index in [1.165, 1.54) is 11.8 Å². The third-order valence-electron chi connectivity index (χ3n) is 4.62. The Hall–Kier alpha value is -2.58. The van der Waals surface area contributed by atoms with E-state index in [1.54, 1.807) is 6.26 Å². The highest BCUT2D eigenvalue weighted by Crippen LogP contribution is 2.27. The molecule has 1 fully saturated rings. The van der Waals surface area contributed by atoms with E-state index in [1.807, 2.05) is 47.9 Å². The third-order valence-corrected chi connectivity index (χ3v) is 5.59. The summed E-state index contributed by atoms with van der Waals surface area (Å²) in [6, 6.07) is 11.4. The highest BCUT2D eigenvalue weighted by atomic mass is 32.2. The molecule has 146 valence electrons. The lowest BCUT2D eigenvalue weighted by Gasteiger charge is -2.14. The van der Waals surface area contributed by atoms with Crippen molar-refractivity contribution in [3.05, 3.63) is 48.2 Å². The lowest BCUT2D eigenvalue weighted by Crippen LogP contribution is -2.18. The summed E-state index contributed by atoms with van der Waals surface area (Å²) in [5.41, 5.74) is 1.85. The Morgan fingerprint density at radius 2 is 2.18 bits per heavy atom. The average molecular weight is 398 g/mol. The molecule has 3 heterocycles. The molecule has 8 heteroatoms. The summed E-state index contributed by atoms with van der Waals surface area (Å²) in [5, 5.41) is 12.2. The predicted molar refractivity (Wildman–Crippen MR) is 107 cm³/mol. The van der Waals surface area contributed by atoms with Crippen LogP contribution < -0.4 is 5.32 Å². The van der Waals surface area contributed by atoms with Gasteiger partial charge in [-0.1, -0.05) is 30.0 Å². The second-order valence-electron chi connectivity index (χ2n) is 6.68. The topological polar surface area (TPSA) is 82.2 Å². The van der Waals surface area contributed by atoms with Gasteiger partial charge in [-0.25, -0.2) is 0 Å². The maximum atomic E-state index is 12.4. The number of thioether (sulfide) groups is 1. The van der Waals surface area contributed by atoms with E-state index >= 15 is 0 Å². The number of carbonyl (C=O) groups excluding carboxylic acids is 1. The molecular formula is C20H22N4O3S. The molecule has 1 N–H and O–H groups in total. The number of carbonyl (C=O) groups is 1. The zero-order valence-corrected chi connectivity index (χ0v) is 16.4. The predicted octanol–water partition coefficient (Wildman–Crippen LogP) is 3.76. The lowest BCUT2D eigenvalue weighted by molar-refractivity contribution is -0.113. The molecule has 0 saturated carbocycles. The molecule has 1 aromatic carbocycles. The fourth-order valence-electron chi connectivity index (χ4n) is 3.17. The highest BCUT2D eigenvalue weighted by molar-refractivity contribution is 7.99. The number of aromatic nitrogens is 3. The van der Waals surface area contributed by atoms with Crippen LogP contribution in [0.2, 0.25) is 0 Å². The maximum Gasteiger partial charge on any atom is 0.234 e.